The van der Waals surface area contributed by atoms with Crippen LogP contribution >= 0.6 is 0 Å². The van der Waals surface area contributed by atoms with Crippen LogP contribution in [0, 0.1) is 6.92 Å². The van der Waals surface area contributed by atoms with Crippen LogP contribution in [0.15, 0.2) is 12.3 Å². The first-order valence-corrected chi connectivity index (χ1v) is 4.68. The van der Waals surface area contributed by atoms with E-state index in [1.807, 2.05) is 0 Å². The largest absolute Gasteiger partial charge is 0.480 e. The van der Waals surface area contributed by atoms with E-state index in [-0.39, 0.29) is 11.4 Å². The molecule has 6 heteroatoms. The number of pyridine rings is 1. The van der Waals surface area contributed by atoms with E-state index < -0.39 is 17.9 Å². The molecule has 0 saturated heterocycles. The summed E-state index contributed by atoms with van der Waals surface area (Å²) in [6.07, 6.45) is 1.48. The Kier molecular flexibility index (Phi) is 3.44. The second-order valence-corrected chi connectivity index (χ2v) is 3.42. The fourth-order valence-electron chi connectivity index (χ4n) is 1.25. The number of hydrogen-bond acceptors (Lipinski definition) is 4. The van der Waals surface area contributed by atoms with Gasteiger partial charge in [0, 0.05) is 6.20 Å². The zero-order valence-electron chi connectivity index (χ0n) is 9.02. The molecule has 0 radical (unpaired) electrons. The molecule has 0 bridgehead atoms. The van der Waals surface area contributed by atoms with Crippen molar-refractivity contribution in [3.05, 3.63) is 23.4 Å². The first-order valence-electron chi connectivity index (χ1n) is 4.68. The van der Waals surface area contributed by atoms with Gasteiger partial charge in [-0.3, -0.25) is 9.59 Å². The lowest BCUT2D eigenvalue weighted by atomic mass is 10.1. The number of nitrogens with one attached hydrogen (secondary N) is 1. The number of carbonyl (C=O) groups excluding carboxylic acids is 1. The van der Waals surface area contributed by atoms with Gasteiger partial charge in [0.25, 0.3) is 5.91 Å². The number of carboxylic acid groups (broad SMARTS) is 1. The summed E-state index contributed by atoms with van der Waals surface area (Å²) in [6, 6.07) is 0.795. The Balaban J connectivity index is 3.09. The van der Waals surface area contributed by atoms with Crippen molar-refractivity contribution >= 4 is 17.7 Å². The quantitative estimate of drug-likeness (QED) is 0.684. The zero-order chi connectivity index (χ0) is 12.3. The predicted molar refractivity (Wildman–Crippen MR) is 58.2 cm³/mol. The summed E-state index contributed by atoms with van der Waals surface area (Å²) in [5, 5.41) is 11.4. The van der Waals surface area contributed by atoms with Crippen LogP contribution in [-0.2, 0) is 4.79 Å². The molecule has 1 aromatic rings. The SMILES string of the molecule is Cc1ccnc(NC(C)C(=O)O)c1C(N)=O. The van der Waals surface area contributed by atoms with Gasteiger partial charge < -0.3 is 16.2 Å². The molecule has 1 rings (SSSR count). The van der Waals surface area contributed by atoms with E-state index in [0.29, 0.717) is 5.56 Å². The number of primary amides is 1. The van der Waals surface area contributed by atoms with Gasteiger partial charge in [-0.2, -0.15) is 0 Å². The lowest BCUT2D eigenvalue weighted by Crippen LogP contribution is -2.28. The molecule has 1 aromatic heterocycles. The lowest BCUT2D eigenvalue weighted by Gasteiger charge is -2.13. The van der Waals surface area contributed by atoms with Crippen molar-refractivity contribution in [1.82, 2.24) is 4.98 Å². The third-order valence-electron chi connectivity index (χ3n) is 2.13. The average Bonchev–Trinajstić information content (AvgIpc) is 2.16. The summed E-state index contributed by atoms with van der Waals surface area (Å²) in [6.45, 7) is 3.16. The Bertz CT molecular complexity index is 431. The molecule has 0 aliphatic carbocycles. The second kappa shape index (κ2) is 4.61. The molecule has 4 N–H and O–H groups in total. The summed E-state index contributed by atoms with van der Waals surface area (Å²) in [5.41, 5.74) is 6.07. The monoisotopic (exact) mass is 223 g/mol. The zero-order valence-corrected chi connectivity index (χ0v) is 9.02. The first-order chi connectivity index (χ1) is 7.43. The fraction of sp³-hybridized carbons (Fsp3) is 0.300. The van der Waals surface area contributed by atoms with Crippen molar-refractivity contribution in [3.63, 3.8) is 0 Å². The van der Waals surface area contributed by atoms with Crippen molar-refractivity contribution in [2.75, 3.05) is 5.32 Å². The lowest BCUT2D eigenvalue weighted by molar-refractivity contribution is -0.137. The van der Waals surface area contributed by atoms with Crippen molar-refractivity contribution < 1.29 is 14.7 Å². The van der Waals surface area contributed by atoms with Crippen LogP contribution in [0.2, 0.25) is 0 Å². The molecule has 86 valence electrons. The second-order valence-electron chi connectivity index (χ2n) is 3.42. The maximum atomic E-state index is 11.2. The minimum absolute atomic E-state index is 0.197. The smallest absolute Gasteiger partial charge is 0.325 e. The highest BCUT2D eigenvalue weighted by atomic mass is 16.4. The van der Waals surface area contributed by atoms with E-state index in [0.717, 1.165) is 0 Å². The summed E-state index contributed by atoms with van der Waals surface area (Å²) in [7, 11) is 0. The predicted octanol–water partition coefficient (Wildman–Crippen LogP) is 0.374. The Morgan fingerprint density at radius 1 is 1.56 bits per heavy atom. The maximum absolute atomic E-state index is 11.2. The van der Waals surface area contributed by atoms with Crippen molar-refractivity contribution in [1.29, 1.82) is 0 Å². The highest BCUT2D eigenvalue weighted by molar-refractivity contribution is 5.99. The molecule has 0 fully saturated rings. The molecule has 6 nitrogen and oxygen atoms in total. The van der Waals surface area contributed by atoms with Crippen LogP contribution in [0.5, 0.6) is 0 Å². The molecule has 0 spiro atoms. The van der Waals surface area contributed by atoms with Crippen LogP contribution < -0.4 is 11.1 Å². The molecule has 0 aliphatic heterocycles. The van der Waals surface area contributed by atoms with Gasteiger partial charge in [-0.05, 0) is 25.5 Å². The number of hydrogen-bond donors (Lipinski definition) is 3. The number of nitrogens with two attached hydrogens (primary N) is 1. The maximum Gasteiger partial charge on any atom is 0.325 e. The highest BCUT2D eigenvalue weighted by Crippen LogP contribution is 2.16. The van der Waals surface area contributed by atoms with Crippen molar-refractivity contribution in [2.24, 2.45) is 5.73 Å². The fourth-order valence-corrected chi connectivity index (χ4v) is 1.25. The number of aromatic nitrogens is 1. The number of anilines is 1. The molecule has 0 aromatic carbocycles. The summed E-state index contributed by atoms with van der Waals surface area (Å²) >= 11 is 0. The number of aryl methyl sites for hydroxylation is 1. The van der Waals surface area contributed by atoms with Crippen molar-refractivity contribution in [3.8, 4) is 0 Å². The van der Waals surface area contributed by atoms with E-state index in [1.54, 1.807) is 13.0 Å². The number of carboxylic acids is 1. The molecule has 16 heavy (non-hydrogen) atoms. The third kappa shape index (κ3) is 2.47. The topological polar surface area (TPSA) is 105 Å². The van der Waals surface area contributed by atoms with Gasteiger partial charge in [0.15, 0.2) is 0 Å². The van der Waals surface area contributed by atoms with Gasteiger partial charge in [0.05, 0.1) is 5.56 Å². The van der Waals surface area contributed by atoms with Gasteiger partial charge in [0.1, 0.15) is 11.9 Å². The highest BCUT2D eigenvalue weighted by Gasteiger charge is 2.17. The van der Waals surface area contributed by atoms with Crippen LogP contribution in [0.3, 0.4) is 0 Å². The minimum atomic E-state index is -1.03. The van der Waals surface area contributed by atoms with Gasteiger partial charge in [-0.1, -0.05) is 0 Å². The molecular formula is C10H13N3O3. The molecule has 0 aliphatic rings. The van der Waals surface area contributed by atoms with Crippen LogP contribution in [0.4, 0.5) is 5.82 Å². The first kappa shape index (κ1) is 12.0. The number of nitrogens with zero attached hydrogens (tertiary/aromatic N) is 1. The van der Waals surface area contributed by atoms with Crippen LogP contribution in [0.1, 0.15) is 22.8 Å². The number of amides is 1. The number of rotatable bonds is 4. The van der Waals surface area contributed by atoms with Crippen LogP contribution in [-0.4, -0.2) is 28.0 Å². The van der Waals surface area contributed by atoms with E-state index >= 15 is 0 Å². The molecule has 1 amide bonds. The summed E-state index contributed by atoms with van der Waals surface area (Å²) in [5.74, 6) is -1.47. The van der Waals surface area contributed by atoms with Crippen LogP contribution in [0.25, 0.3) is 0 Å². The molecule has 1 atom stereocenters. The van der Waals surface area contributed by atoms with E-state index in [2.05, 4.69) is 10.3 Å². The van der Waals surface area contributed by atoms with Gasteiger partial charge >= 0.3 is 5.97 Å². The Morgan fingerprint density at radius 3 is 2.69 bits per heavy atom. The minimum Gasteiger partial charge on any atom is -0.480 e. The van der Waals surface area contributed by atoms with E-state index in [1.165, 1.54) is 13.1 Å². The molecular weight excluding hydrogens is 210 g/mol. The Labute approximate surface area is 92.5 Å². The molecule has 0 saturated carbocycles. The van der Waals surface area contributed by atoms with Gasteiger partial charge in [-0.15, -0.1) is 0 Å². The molecule has 1 heterocycles. The average molecular weight is 223 g/mol. The Hall–Kier alpha value is -2.11. The number of aliphatic carboxylic acids is 1. The summed E-state index contributed by atoms with van der Waals surface area (Å²) < 4.78 is 0. The number of carbonyl (C=O) groups is 2. The van der Waals surface area contributed by atoms with Crippen molar-refractivity contribution in [2.45, 2.75) is 19.9 Å². The molecule has 1 unspecified atom stereocenters. The van der Waals surface area contributed by atoms with E-state index in [9.17, 15) is 9.59 Å². The summed E-state index contributed by atoms with van der Waals surface area (Å²) in [4.78, 5) is 25.8. The normalized spacial score (nSPS) is 11.9. The van der Waals surface area contributed by atoms with Gasteiger partial charge in [0.2, 0.25) is 0 Å². The third-order valence-corrected chi connectivity index (χ3v) is 2.13. The van der Waals surface area contributed by atoms with Gasteiger partial charge in [-0.25, -0.2) is 4.98 Å². The standard InChI is InChI=1S/C10H13N3O3/c1-5-3-4-12-9(7(5)8(11)14)13-6(2)10(15)16/h3-4,6H,1-2H3,(H2,11,14)(H,12,13)(H,15,16). The van der Waals surface area contributed by atoms with E-state index in [4.69, 9.17) is 10.8 Å². The Morgan fingerprint density at radius 2 is 2.19 bits per heavy atom.